The van der Waals surface area contributed by atoms with Crippen molar-refractivity contribution in [3.8, 4) is 0 Å². The van der Waals surface area contributed by atoms with Crippen molar-refractivity contribution in [1.82, 2.24) is 9.88 Å². The van der Waals surface area contributed by atoms with Crippen LogP contribution < -0.4 is 5.32 Å². The summed E-state index contributed by atoms with van der Waals surface area (Å²) in [5.74, 6) is 0.871. The highest BCUT2D eigenvalue weighted by Gasteiger charge is 2.25. The molecule has 2 atom stereocenters. The average Bonchev–Trinajstić information content (AvgIpc) is 2.81. The highest BCUT2D eigenvalue weighted by Crippen LogP contribution is 2.28. The number of hydrogen-bond acceptors (Lipinski definition) is 1. The van der Waals surface area contributed by atoms with Gasteiger partial charge in [-0.2, -0.15) is 0 Å². The molecule has 1 saturated carbocycles. The molecule has 0 aromatic carbocycles. The third kappa shape index (κ3) is 2.61. The summed E-state index contributed by atoms with van der Waals surface area (Å²) < 4.78 is 2.10. The molecule has 3 heteroatoms. The number of aryl methyl sites for hydroxylation is 1. The molecule has 2 unspecified atom stereocenters. The van der Waals surface area contributed by atoms with Crippen LogP contribution in [-0.2, 0) is 13.6 Å². The van der Waals surface area contributed by atoms with Gasteiger partial charge in [-0.1, -0.05) is 31.4 Å². The fourth-order valence-corrected chi connectivity index (χ4v) is 3.04. The Bertz CT molecular complexity index is 346. The number of rotatable bonds is 4. The molecule has 2 nitrogen and oxygen atoms in total. The van der Waals surface area contributed by atoms with Crippen molar-refractivity contribution in [1.29, 1.82) is 0 Å². The fraction of sp³-hybridized carbons (Fsp3) is 0.692. The van der Waals surface area contributed by atoms with E-state index in [2.05, 4.69) is 23.9 Å². The van der Waals surface area contributed by atoms with Crippen LogP contribution in [0.5, 0.6) is 0 Å². The van der Waals surface area contributed by atoms with Gasteiger partial charge in [-0.25, -0.2) is 0 Å². The van der Waals surface area contributed by atoms with Crippen LogP contribution in [0.4, 0.5) is 0 Å². The van der Waals surface area contributed by atoms with Crippen LogP contribution in [-0.4, -0.2) is 10.6 Å². The second-order valence-electron chi connectivity index (χ2n) is 4.85. The number of halogens is 1. The van der Waals surface area contributed by atoms with Gasteiger partial charge >= 0.3 is 0 Å². The Morgan fingerprint density at radius 3 is 2.94 bits per heavy atom. The van der Waals surface area contributed by atoms with E-state index in [0.29, 0.717) is 6.04 Å². The van der Waals surface area contributed by atoms with Gasteiger partial charge in [-0.05, 0) is 24.8 Å². The van der Waals surface area contributed by atoms with Crippen LogP contribution in [0.15, 0.2) is 12.3 Å². The first-order valence-corrected chi connectivity index (χ1v) is 6.62. The Kier molecular flexibility index (Phi) is 3.93. The van der Waals surface area contributed by atoms with Crippen LogP contribution in [0, 0.1) is 5.92 Å². The van der Waals surface area contributed by atoms with Gasteiger partial charge in [0, 0.05) is 31.5 Å². The Hall–Kier alpha value is -0.470. The van der Waals surface area contributed by atoms with E-state index in [0.717, 1.165) is 17.5 Å². The van der Waals surface area contributed by atoms with Gasteiger partial charge in [0.25, 0.3) is 0 Å². The van der Waals surface area contributed by atoms with Gasteiger partial charge < -0.3 is 9.88 Å². The first-order chi connectivity index (χ1) is 7.70. The Balaban J connectivity index is 1.89. The zero-order valence-corrected chi connectivity index (χ0v) is 10.9. The molecular formula is C13H21ClN2. The molecule has 1 aromatic rings. The second-order valence-corrected chi connectivity index (χ2v) is 5.28. The third-order valence-corrected chi connectivity index (χ3v) is 4.01. The minimum atomic E-state index is 0.707. The molecule has 0 bridgehead atoms. The lowest BCUT2D eigenvalue weighted by molar-refractivity contribution is 0.386. The summed E-state index contributed by atoms with van der Waals surface area (Å²) in [5.41, 5.74) is 1.27. The summed E-state index contributed by atoms with van der Waals surface area (Å²) in [6.07, 6.45) is 7.36. The zero-order valence-electron chi connectivity index (χ0n) is 10.2. The molecule has 1 aromatic heterocycles. The lowest BCUT2D eigenvalue weighted by Gasteiger charge is -2.19. The van der Waals surface area contributed by atoms with Crippen molar-refractivity contribution >= 4 is 11.6 Å². The summed E-state index contributed by atoms with van der Waals surface area (Å²) >= 11 is 5.97. The van der Waals surface area contributed by atoms with Crippen LogP contribution in [0.25, 0.3) is 0 Å². The lowest BCUT2D eigenvalue weighted by atomic mass is 10.0. The van der Waals surface area contributed by atoms with Crippen molar-refractivity contribution in [2.24, 2.45) is 13.0 Å². The molecule has 0 amide bonds. The standard InChI is InChI=1S/C13H21ClN2/c1-3-10-5-4-6-13(10)15-8-12-7-11(14)9-16(12)2/h7,9-10,13,15H,3-6,8H2,1-2H3. The van der Waals surface area contributed by atoms with Gasteiger partial charge in [0.1, 0.15) is 0 Å². The number of nitrogens with zero attached hydrogens (tertiary/aromatic N) is 1. The van der Waals surface area contributed by atoms with Crippen LogP contribution in [0.2, 0.25) is 5.02 Å². The summed E-state index contributed by atoms with van der Waals surface area (Å²) in [6.45, 7) is 3.23. The van der Waals surface area contributed by atoms with E-state index in [4.69, 9.17) is 11.6 Å². The number of aromatic nitrogens is 1. The number of nitrogens with one attached hydrogen (secondary N) is 1. The van der Waals surface area contributed by atoms with Crippen molar-refractivity contribution in [3.05, 3.63) is 23.0 Å². The summed E-state index contributed by atoms with van der Waals surface area (Å²) in [4.78, 5) is 0. The molecule has 1 N–H and O–H groups in total. The molecule has 0 spiro atoms. The van der Waals surface area contributed by atoms with Crippen LogP contribution >= 0.6 is 11.6 Å². The molecule has 0 saturated heterocycles. The summed E-state index contributed by atoms with van der Waals surface area (Å²) in [5, 5.41) is 4.50. The molecule has 0 radical (unpaired) electrons. The maximum absolute atomic E-state index is 5.97. The molecule has 2 rings (SSSR count). The van der Waals surface area contributed by atoms with Crippen LogP contribution in [0.1, 0.15) is 38.3 Å². The Morgan fingerprint density at radius 1 is 1.50 bits per heavy atom. The predicted molar refractivity (Wildman–Crippen MR) is 68.7 cm³/mol. The Labute approximate surface area is 103 Å². The van der Waals surface area contributed by atoms with E-state index >= 15 is 0 Å². The Morgan fingerprint density at radius 2 is 2.31 bits per heavy atom. The van der Waals surface area contributed by atoms with Crippen molar-refractivity contribution in [2.75, 3.05) is 0 Å². The number of hydrogen-bond donors (Lipinski definition) is 1. The SMILES string of the molecule is CCC1CCCC1NCc1cc(Cl)cn1C. The normalized spacial score (nSPS) is 25.2. The van der Waals surface area contributed by atoms with E-state index < -0.39 is 0 Å². The van der Waals surface area contributed by atoms with Crippen LogP contribution in [0.3, 0.4) is 0 Å². The fourth-order valence-electron chi connectivity index (χ4n) is 2.77. The molecular weight excluding hydrogens is 220 g/mol. The quantitative estimate of drug-likeness (QED) is 0.854. The highest BCUT2D eigenvalue weighted by atomic mass is 35.5. The molecule has 1 aliphatic carbocycles. The van der Waals surface area contributed by atoms with Gasteiger partial charge in [-0.3, -0.25) is 0 Å². The molecule has 1 heterocycles. The minimum Gasteiger partial charge on any atom is -0.352 e. The van der Waals surface area contributed by atoms with E-state index in [9.17, 15) is 0 Å². The minimum absolute atomic E-state index is 0.707. The van der Waals surface area contributed by atoms with Gasteiger partial charge in [-0.15, -0.1) is 0 Å². The first kappa shape index (κ1) is 12.0. The van der Waals surface area contributed by atoms with Crippen molar-refractivity contribution < 1.29 is 0 Å². The highest BCUT2D eigenvalue weighted by molar-refractivity contribution is 6.30. The van der Waals surface area contributed by atoms with E-state index in [1.807, 2.05) is 12.3 Å². The van der Waals surface area contributed by atoms with Gasteiger partial charge in [0.05, 0.1) is 5.02 Å². The van der Waals surface area contributed by atoms with Crippen molar-refractivity contribution in [2.45, 2.75) is 45.2 Å². The molecule has 0 aliphatic heterocycles. The van der Waals surface area contributed by atoms with E-state index in [-0.39, 0.29) is 0 Å². The molecule has 1 fully saturated rings. The molecule has 16 heavy (non-hydrogen) atoms. The largest absolute Gasteiger partial charge is 0.352 e. The van der Waals surface area contributed by atoms with Gasteiger partial charge in [0.2, 0.25) is 0 Å². The van der Waals surface area contributed by atoms with E-state index in [1.165, 1.54) is 31.4 Å². The lowest BCUT2D eigenvalue weighted by Crippen LogP contribution is -2.32. The third-order valence-electron chi connectivity index (χ3n) is 3.80. The summed E-state index contributed by atoms with van der Waals surface area (Å²) in [6, 6.07) is 2.75. The molecule has 1 aliphatic rings. The average molecular weight is 241 g/mol. The predicted octanol–water partition coefficient (Wildman–Crippen LogP) is 3.35. The van der Waals surface area contributed by atoms with Crippen molar-refractivity contribution in [3.63, 3.8) is 0 Å². The topological polar surface area (TPSA) is 17.0 Å². The first-order valence-electron chi connectivity index (χ1n) is 6.24. The van der Waals surface area contributed by atoms with Gasteiger partial charge in [0.15, 0.2) is 0 Å². The monoisotopic (exact) mass is 240 g/mol. The van der Waals surface area contributed by atoms with E-state index in [1.54, 1.807) is 0 Å². The smallest absolute Gasteiger partial charge is 0.0585 e. The second kappa shape index (κ2) is 5.24. The molecule has 90 valence electrons. The summed E-state index contributed by atoms with van der Waals surface area (Å²) in [7, 11) is 2.05. The maximum atomic E-state index is 5.97. The maximum Gasteiger partial charge on any atom is 0.0585 e. The zero-order chi connectivity index (χ0) is 11.5.